The zero-order valence-corrected chi connectivity index (χ0v) is 20.0. The van der Waals surface area contributed by atoms with Gasteiger partial charge >= 0.3 is 0 Å². The largest absolute Gasteiger partial charge is 0.321 e. The van der Waals surface area contributed by atoms with Gasteiger partial charge in [-0.15, -0.1) is 0 Å². The lowest BCUT2D eigenvalue weighted by Gasteiger charge is -2.39. The fourth-order valence-corrected chi connectivity index (χ4v) is 9.99. The van der Waals surface area contributed by atoms with E-state index in [0.29, 0.717) is 13.0 Å². The standard InChI is InChI=1S/C16H31N2O4PS3/c1-12(2)18(13(3)4)23(21-10-8-9-17)22-15-14(11-26(7,19)20)24-25-16(15,5)6/h12-15H,8,10-11H2,1-7H3/t14-,15?,23?/m0/s1. The Bertz CT molecular complexity index is 585. The van der Waals surface area contributed by atoms with E-state index in [9.17, 15) is 8.42 Å². The number of sulfone groups is 1. The summed E-state index contributed by atoms with van der Waals surface area (Å²) in [6.07, 6.45) is 1.32. The van der Waals surface area contributed by atoms with E-state index < -0.39 is 18.4 Å². The van der Waals surface area contributed by atoms with Crippen molar-refractivity contribution >= 4 is 40.0 Å². The van der Waals surface area contributed by atoms with Gasteiger partial charge in [0.05, 0.1) is 36.2 Å². The van der Waals surface area contributed by atoms with E-state index in [1.54, 1.807) is 21.6 Å². The summed E-state index contributed by atoms with van der Waals surface area (Å²) in [7, 11) is -1.25. The summed E-state index contributed by atoms with van der Waals surface area (Å²) < 4.78 is 38.1. The Morgan fingerprint density at radius 3 is 2.31 bits per heavy atom. The molecule has 1 fully saturated rings. The van der Waals surface area contributed by atoms with Gasteiger partial charge in [-0.05, 0) is 41.5 Å². The van der Waals surface area contributed by atoms with E-state index in [-0.39, 0.29) is 33.9 Å². The first-order valence-electron chi connectivity index (χ1n) is 8.66. The van der Waals surface area contributed by atoms with Crippen LogP contribution in [0.2, 0.25) is 0 Å². The minimum absolute atomic E-state index is 0.0868. The summed E-state index contributed by atoms with van der Waals surface area (Å²) in [5.41, 5.74) is 0. The van der Waals surface area contributed by atoms with Gasteiger partial charge in [0.25, 0.3) is 8.53 Å². The van der Waals surface area contributed by atoms with Gasteiger partial charge in [0, 0.05) is 23.1 Å². The molecule has 1 aliphatic rings. The Balaban J connectivity index is 3.05. The topological polar surface area (TPSA) is 79.6 Å². The third-order valence-corrected chi connectivity index (χ3v) is 10.8. The van der Waals surface area contributed by atoms with E-state index in [0.717, 1.165) is 0 Å². The molecule has 0 spiro atoms. The number of hydrogen-bond acceptors (Lipinski definition) is 8. The van der Waals surface area contributed by atoms with Gasteiger partial charge < -0.3 is 9.05 Å². The van der Waals surface area contributed by atoms with Crippen molar-refractivity contribution in [2.75, 3.05) is 18.6 Å². The number of nitrogens with zero attached hydrogens (tertiary/aromatic N) is 2. The molecule has 0 aliphatic carbocycles. The first kappa shape index (κ1) is 24.5. The van der Waals surface area contributed by atoms with Crippen LogP contribution < -0.4 is 0 Å². The van der Waals surface area contributed by atoms with Crippen molar-refractivity contribution in [3.05, 3.63) is 0 Å². The highest BCUT2D eigenvalue weighted by atomic mass is 33.1. The maximum Gasteiger partial charge on any atom is 0.259 e. The molecule has 1 saturated heterocycles. The molecule has 0 aromatic carbocycles. The summed E-state index contributed by atoms with van der Waals surface area (Å²) in [5.74, 6) is 0.0868. The van der Waals surface area contributed by atoms with Crippen molar-refractivity contribution < 1.29 is 17.5 Å². The SMILES string of the molecule is CC(C)N(C(C)C)P(OCCC#N)OC1[C@H](CS(C)(=O)=O)SSC1(C)C. The predicted octanol–water partition coefficient (Wildman–Crippen LogP) is 4.23. The van der Waals surface area contributed by atoms with Crippen molar-refractivity contribution in [3.8, 4) is 6.07 Å². The second-order valence-electron chi connectivity index (χ2n) is 7.49. The highest BCUT2D eigenvalue weighted by Gasteiger charge is 2.48. The molecule has 152 valence electrons. The average Bonchev–Trinajstić information content (AvgIpc) is 2.72. The highest BCUT2D eigenvalue weighted by Crippen LogP contribution is 2.58. The van der Waals surface area contributed by atoms with Crippen molar-refractivity contribution in [2.24, 2.45) is 0 Å². The van der Waals surface area contributed by atoms with Crippen molar-refractivity contribution in [2.45, 2.75) is 76.1 Å². The molecule has 0 bridgehead atoms. The van der Waals surface area contributed by atoms with Gasteiger partial charge in [0.1, 0.15) is 9.84 Å². The van der Waals surface area contributed by atoms with Crippen LogP contribution in [0.5, 0.6) is 0 Å². The molecule has 1 rings (SSSR count). The van der Waals surface area contributed by atoms with Gasteiger partial charge in [0.2, 0.25) is 0 Å². The van der Waals surface area contributed by atoms with Gasteiger partial charge in [-0.25, -0.2) is 13.1 Å². The molecular weight excluding hydrogens is 411 g/mol. The van der Waals surface area contributed by atoms with Crippen LogP contribution >= 0.6 is 30.1 Å². The molecule has 2 unspecified atom stereocenters. The Morgan fingerprint density at radius 2 is 1.85 bits per heavy atom. The summed E-state index contributed by atoms with van der Waals surface area (Å²) in [6.45, 7) is 12.8. The molecule has 6 nitrogen and oxygen atoms in total. The molecule has 10 heteroatoms. The molecule has 0 aromatic heterocycles. The van der Waals surface area contributed by atoms with Crippen LogP contribution in [0.3, 0.4) is 0 Å². The zero-order valence-electron chi connectivity index (χ0n) is 16.6. The number of hydrogen-bond donors (Lipinski definition) is 0. The fraction of sp³-hybridized carbons (Fsp3) is 0.938. The Kier molecular flexibility index (Phi) is 9.69. The van der Waals surface area contributed by atoms with Crippen LogP contribution in [0, 0.1) is 11.3 Å². The molecule has 1 heterocycles. The average molecular weight is 443 g/mol. The van der Waals surface area contributed by atoms with E-state index in [1.807, 2.05) is 0 Å². The summed E-state index contributed by atoms with van der Waals surface area (Å²) in [5, 5.41) is 8.68. The van der Waals surface area contributed by atoms with Crippen LogP contribution in [0.4, 0.5) is 0 Å². The van der Waals surface area contributed by atoms with Gasteiger partial charge in [-0.2, -0.15) is 5.26 Å². The fourth-order valence-electron chi connectivity index (χ4n) is 2.73. The lowest BCUT2D eigenvalue weighted by Crippen LogP contribution is -2.42. The number of rotatable bonds is 10. The van der Waals surface area contributed by atoms with E-state index in [1.165, 1.54) is 6.26 Å². The van der Waals surface area contributed by atoms with Crippen molar-refractivity contribution in [1.82, 2.24) is 4.67 Å². The summed E-state index contributed by atoms with van der Waals surface area (Å²) in [4.78, 5) is 0. The van der Waals surface area contributed by atoms with Crippen molar-refractivity contribution in [1.29, 1.82) is 5.26 Å². The second-order valence-corrected chi connectivity index (χ2v) is 14.2. The predicted molar refractivity (Wildman–Crippen MR) is 113 cm³/mol. The Hall–Kier alpha value is 0.450. The molecule has 3 atom stereocenters. The Morgan fingerprint density at radius 1 is 1.27 bits per heavy atom. The van der Waals surface area contributed by atoms with Crippen LogP contribution in [-0.2, 0) is 18.9 Å². The third-order valence-electron chi connectivity index (χ3n) is 3.74. The second kappa shape index (κ2) is 10.3. The normalized spacial score (nSPS) is 24.3. The maximum atomic E-state index is 11.8. The smallest absolute Gasteiger partial charge is 0.259 e. The molecule has 0 N–H and O–H groups in total. The van der Waals surface area contributed by atoms with Crippen LogP contribution in [0.25, 0.3) is 0 Å². The lowest BCUT2D eigenvalue weighted by molar-refractivity contribution is 0.117. The van der Waals surface area contributed by atoms with Crippen LogP contribution in [0.1, 0.15) is 48.0 Å². The van der Waals surface area contributed by atoms with Crippen LogP contribution in [0.15, 0.2) is 0 Å². The third kappa shape index (κ3) is 7.46. The van der Waals surface area contributed by atoms with E-state index >= 15 is 0 Å². The molecule has 0 amide bonds. The van der Waals surface area contributed by atoms with Crippen LogP contribution in [-0.4, -0.2) is 59.9 Å². The monoisotopic (exact) mass is 442 g/mol. The zero-order chi connectivity index (χ0) is 20.1. The highest BCUT2D eigenvalue weighted by molar-refractivity contribution is 8.78. The molecule has 0 radical (unpaired) electrons. The minimum Gasteiger partial charge on any atom is -0.321 e. The first-order chi connectivity index (χ1) is 11.9. The quantitative estimate of drug-likeness (QED) is 0.282. The molecule has 26 heavy (non-hydrogen) atoms. The number of nitriles is 1. The van der Waals surface area contributed by atoms with Gasteiger partial charge in [-0.1, -0.05) is 21.6 Å². The maximum absolute atomic E-state index is 11.8. The van der Waals surface area contributed by atoms with Gasteiger partial charge in [-0.3, -0.25) is 0 Å². The lowest BCUT2D eigenvalue weighted by atomic mass is 10.0. The minimum atomic E-state index is -3.10. The van der Waals surface area contributed by atoms with Crippen molar-refractivity contribution in [3.63, 3.8) is 0 Å². The van der Waals surface area contributed by atoms with Gasteiger partial charge in [0.15, 0.2) is 0 Å². The molecule has 0 aromatic rings. The Labute approximate surface area is 168 Å². The first-order valence-corrected chi connectivity index (χ1v) is 14.1. The summed E-state index contributed by atoms with van der Waals surface area (Å²) >= 11 is 0. The van der Waals surface area contributed by atoms with E-state index in [4.69, 9.17) is 14.3 Å². The molecule has 0 saturated carbocycles. The molecule has 1 aliphatic heterocycles. The summed E-state index contributed by atoms with van der Waals surface area (Å²) in [6, 6.07) is 2.51. The van der Waals surface area contributed by atoms with E-state index in [2.05, 4.69) is 52.3 Å². The molecular formula is C16H31N2O4PS3.